The van der Waals surface area contributed by atoms with Crippen LogP contribution in [0.2, 0.25) is 0 Å². The molecule has 0 bridgehead atoms. The molecule has 3 rings (SSSR count). The first-order valence-corrected chi connectivity index (χ1v) is 8.65. The number of fused-ring (bicyclic) bond motifs is 1. The SMILES string of the molecule is COc1ccc(CN2Cc3cc(Br)ccc3S2(=O)=O)cc1. The first kappa shape index (κ1) is 14.6. The summed E-state index contributed by atoms with van der Waals surface area (Å²) in [7, 11) is -1.79. The highest BCUT2D eigenvalue weighted by Gasteiger charge is 2.34. The molecule has 1 aliphatic heterocycles. The van der Waals surface area contributed by atoms with Crippen molar-refractivity contribution < 1.29 is 13.2 Å². The zero-order valence-electron chi connectivity index (χ0n) is 11.4. The Morgan fingerprint density at radius 3 is 2.57 bits per heavy atom. The molecule has 0 saturated carbocycles. The van der Waals surface area contributed by atoms with E-state index < -0.39 is 10.0 Å². The van der Waals surface area contributed by atoms with Crippen LogP contribution < -0.4 is 4.74 Å². The number of methoxy groups -OCH3 is 1. The molecule has 0 saturated heterocycles. The van der Waals surface area contributed by atoms with E-state index in [1.165, 1.54) is 4.31 Å². The van der Waals surface area contributed by atoms with Gasteiger partial charge in [0.1, 0.15) is 5.75 Å². The van der Waals surface area contributed by atoms with E-state index >= 15 is 0 Å². The number of ether oxygens (including phenoxy) is 1. The molecule has 2 aromatic carbocycles. The third-order valence-corrected chi connectivity index (χ3v) is 5.89. The third kappa shape index (κ3) is 2.71. The predicted octanol–water partition coefficient (Wildman–Crippen LogP) is 3.16. The molecule has 0 radical (unpaired) electrons. The van der Waals surface area contributed by atoms with Crippen molar-refractivity contribution in [3.63, 3.8) is 0 Å². The van der Waals surface area contributed by atoms with E-state index in [1.807, 2.05) is 30.3 Å². The van der Waals surface area contributed by atoms with Gasteiger partial charge in [0.15, 0.2) is 0 Å². The lowest BCUT2D eigenvalue weighted by molar-refractivity contribution is 0.411. The Morgan fingerprint density at radius 1 is 1.19 bits per heavy atom. The maximum Gasteiger partial charge on any atom is 0.244 e. The molecule has 110 valence electrons. The summed E-state index contributed by atoms with van der Waals surface area (Å²) in [4.78, 5) is 0.402. The van der Waals surface area contributed by atoms with Crippen LogP contribution in [0.25, 0.3) is 0 Å². The van der Waals surface area contributed by atoms with Gasteiger partial charge in [0.05, 0.1) is 12.0 Å². The van der Waals surface area contributed by atoms with E-state index in [2.05, 4.69) is 15.9 Å². The van der Waals surface area contributed by atoms with Gasteiger partial charge in [0.25, 0.3) is 0 Å². The summed E-state index contributed by atoms with van der Waals surface area (Å²) in [6.07, 6.45) is 0. The largest absolute Gasteiger partial charge is 0.497 e. The molecule has 1 aliphatic rings. The monoisotopic (exact) mass is 367 g/mol. The highest BCUT2D eigenvalue weighted by Crippen LogP contribution is 2.33. The normalized spacial score (nSPS) is 16.7. The standard InChI is InChI=1S/C15H14BrNO3S/c1-20-14-5-2-11(3-6-14)9-17-10-12-8-13(16)4-7-15(12)21(17,18)19/h2-8H,9-10H2,1H3. The fourth-order valence-corrected chi connectivity index (χ4v) is 4.42. The number of benzene rings is 2. The van der Waals surface area contributed by atoms with Gasteiger partial charge in [-0.05, 0) is 41.5 Å². The molecule has 21 heavy (non-hydrogen) atoms. The molecule has 1 heterocycles. The van der Waals surface area contributed by atoms with Gasteiger partial charge in [-0.15, -0.1) is 0 Å². The predicted molar refractivity (Wildman–Crippen MR) is 83.6 cm³/mol. The number of nitrogens with zero attached hydrogens (tertiary/aromatic N) is 1. The van der Waals surface area contributed by atoms with Crippen molar-refractivity contribution in [2.75, 3.05) is 7.11 Å². The van der Waals surface area contributed by atoms with Crippen LogP contribution in [-0.2, 0) is 23.1 Å². The molecule has 0 amide bonds. The Bertz CT molecular complexity index is 772. The van der Waals surface area contributed by atoms with E-state index in [0.717, 1.165) is 21.3 Å². The summed E-state index contributed by atoms with van der Waals surface area (Å²) in [5.41, 5.74) is 1.77. The minimum absolute atomic E-state index is 0.360. The van der Waals surface area contributed by atoms with Gasteiger partial charge < -0.3 is 4.74 Å². The Kier molecular flexibility index (Phi) is 3.77. The number of sulfonamides is 1. The van der Waals surface area contributed by atoms with Crippen molar-refractivity contribution in [3.05, 3.63) is 58.1 Å². The lowest BCUT2D eigenvalue weighted by Gasteiger charge is -2.14. The zero-order chi connectivity index (χ0) is 15.0. The second-order valence-electron chi connectivity index (χ2n) is 4.87. The second kappa shape index (κ2) is 5.44. The molecule has 2 aromatic rings. The highest BCUT2D eigenvalue weighted by atomic mass is 79.9. The number of halogens is 1. The van der Waals surface area contributed by atoms with Crippen molar-refractivity contribution in [1.29, 1.82) is 0 Å². The van der Waals surface area contributed by atoms with Crippen molar-refractivity contribution in [1.82, 2.24) is 4.31 Å². The summed E-state index contributed by atoms with van der Waals surface area (Å²) in [6.45, 7) is 0.766. The Labute approximate surface area is 132 Å². The van der Waals surface area contributed by atoms with Crippen molar-refractivity contribution in [2.45, 2.75) is 18.0 Å². The summed E-state index contributed by atoms with van der Waals surface area (Å²) in [5.74, 6) is 0.759. The van der Waals surface area contributed by atoms with Crippen LogP contribution in [0.4, 0.5) is 0 Å². The molecule has 0 fully saturated rings. The topological polar surface area (TPSA) is 46.6 Å². The van der Waals surface area contributed by atoms with Crippen LogP contribution in [0.15, 0.2) is 51.8 Å². The number of rotatable bonds is 3. The Morgan fingerprint density at radius 2 is 1.90 bits per heavy atom. The van der Waals surface area contributed by atoms with Crippen molar-refractivity contribution in [2.24, 2.45) is 0 Å². The zero-order valence-corrected chi connectivity index (χ0v) is 13.8. The van der Waals surface area contributed by atoms with Crippen LogP contribution in [0, 0.1) is 0 Å². The maximum absolute atomic E-state index is 12.5. The van der Waals surface area contributed by atoms with E-state index in [-0.39, 0.29) is 0 Å². The average molecular weight is 368 g/mol. The van der Waals surface area contributed by atoms with E-state index in [4.69, 9.17) is 4.74 Å². The molecule has 4 nitrogen and oxygen atoms in total. The van der Waals surface area contributed by atoms with Crippen LogP contribution >= 0.6 is 15.9 Å². The lowest BCUT2D eigenvalue weighted by Crippen LogP contribution is -2.23. The van der Waals surface area contributed by atoms with Gasteiger partial charge in [0, 0.05) is 17.6 Å². The summed E-state index contributed by atoms with van der Waals surface area (Å²) < 4.78 is 32.5. The van der Waals surface area contributed by atoms with E-state index in [9.17, 15) is 8.42 Å². The molecular formula is C15H14BrNO3S. The second-order valence-corrected chi connectivity index (χ2v) is 7.70. The number of hydrogen-bond acceptors (Lipinski definition) is 3. The van der Waals surface area contributed by atoms with Gasteiger partial charge in [-0.1, -0.05) is 28.1 Å². The Hall–Kier alpha value is -1.37. The molecule has 0 atom stereocenters. The highest BCUT2D eigenvalue weighted by molar-refractivity contribution is 9.10. The van der Waals surface area contributed by atoms with E-state index in [1.54, 1.807) is 19.2 Å². The van der Waals surface area contributed by atoms with Gasteiger partial charge in [0.2, 0.25) is 10.0 Å². The molecule has 6 heteroatoms. The fourth-order valence-electron chi connectivity index (χ4n) is 2.41. The molecule has 0 N–H and O–H groups in total. The van der Waals surface area contributed by atoms with Crippen LogP contribution in [-0.4, -0.2) is 19.8 Å². The van der Waals surface area contributed by atoms with E-state index in [0.29, 0.717) is 18.0 Å². The average Bonchev–Trinajstić information content (AvgIpc) is 2.70. The quantitative estimate of drug-likeness (QED) is 0.836. The van der Waals surface area contributed by atoms with Crippen LogP contribution in [0.5, 0.6) is 5.75 Å². The fraction of sp³-hybridized carbons (Fsp3) is 0.200. The van der Waals surface area contributed by atoms with Gasteiger partial charge >= 0.3 is 0 Å². The van der Waals surface area contributed by atoms with Crippen LogP contribution in [0.1, 0.15) is 11.1 Å². The molecular weight excluding hydrogens is 354 g/mol. The molecule has 0 unspecified atom stereocenters. The smallest absolute Gasteiger partial charge is 0.244 e. The van der Waals surface area contributed by atoms with Crippen LogP contribution in [0.3, 0.4) is 0 Å². The van der Waals surface area contributed by atoms with Gasteiger partial charge in [-0.25, -0.2) is 8.42 Å². The molecule has 0 aliphatic carbocycles. The minimum atomic E-state index is -3.40. The molecule has 0 spiro atoms. The number of hydrogen-bond donors (Lipinski definition) is 0. The minimum Gasteiger partial charge on any atom is -0.497 e. The maximum atomic E-state index is 12.5. The third-order valence-electron chi connectivity index (χ3n) is 3.51. The summed E-state index contributed by atoms with van der Waals surface area (Å²) >= 11 is 3.38. The Balaban J connectivity index is 1.87. The molecule has 0 aromatic heterocycles. The van der Waals surface area contributed by atoms with Gasteiger partial charge in [-0.3, -0.25) is 0 Å². The lowest BCUT2D eigenvalue weighted by atomic mass is 10.2. The summed E-state index contributed by atoms with van der Waals surface area (Å²) in [6, 6.07) is 12.7. The van der Waals surface area contributed by atoms with Crippen molar-refractivity contribution in [3.8, 4) is 5.75 Å². The first-order valence-electron chi connectivity index (χ1n) is 6.42. The summed E-state index contributed by atoms with van der Waals surface area (Å²) in [5, 5.41) is 0. The van der Waals surface area contributed by atoms with Gasteiger partial charge in [-0.2, -0.15) is 4.31 Å². The van der Waals surface area contributed by atoms with Crippen molar-refractivity contribution >= 4 is 26.0 Å². The first-order chi connectivity index (χ1) is 10.0.